The zero-order chi connectivity index (χ0) is 17.9. The van der Waals surface area contributed by atoms with Crippen LogP contribution in [0.25, 0.3) is 10.9 Å². The van der Waals surface area contributed by atoms with Gasteiger partial charge in [-0.25, -0.2) is 0 Å². The van der Waals surface area contributed by atoms with Gasteiger partial charge in [0.1, 0.15) is 0 Å². The van der Waals surface area contributed by atoms with Crippen molar-refractivity contribution in [1.82, 2.24) is 14.9 Å². The number of fused-ring (bicyclic) bond motifs is 1. The minimum Gasteiger partial charge on any atom is -0.338 e. The van der Waals surface area contributed by atoms with Crippen molar-refractivity contribution in [3.05, 3.63) is 71.7 Å². The Kier molecular flexibility index (Phi) is 4.65. The molecule has 2 aromatic heterocycles. The summed E-state index contributed by atoms with van der Waals surface area (Å²) >= 11 is 0. The van der Waals surface area contributed by atoms with Crippen molar-refractivity contribution in [3.63, 3.8) is 0 Å². The molecule has 1 aromatic carbocycles. The van der Waals surface area contributed by atoms with E-state index in [0.29, 0.717) is 5.92 Å². The monoisotopic (exact) mass is 345 g/mol. The number of nitrogens with zero attached hydrogens (tertiary/aromatic N) is 3. The summed E-state index contributed by atoms with van der Waals surface area (Å²) in [6.45, 7) is 3.66. The molecular formula is C22H23N3O. The van der Waals surface area contributed by atoms with Gasteiger partial charge in [0.25, 0.3) is 5.91 Å². The predicted molar refractivity (Wildman–Crippen MR) is 103 cm³/mol. The van der Waals surface area contributed by atoms with Crippen molar-refractivity contribution in [3.8, 4) is 0 Å². The number of piperidine rings is 1. The summed E-state index contributed by atoms with van der Waals surface area (Å²) in [5.41, 5.74) is 3.97. The summed E-state index contributed by atoms with van der Waals surface area (Å²) in [5, 5.41) is 1.01. The molecule has 4 rings (SSSR count). The third-order valence-corrected chi connectivity index (χ3v) is 5.15. The van der Waals surface area contributed by atoms with Gasteiger partial charge in [-0.1, -0.05) is 12.1 Å². The fraction of sp³-hybridized carbons (Fsp3) is 0.318. The predicted octanol–water partition coefficient (Wildman–Crippen LogP) is 4.03. The fourth-order valence-electron chi connectivity index (χ4n) is 3.76. The topological polar surface area (TPSA) is 46.1 Å². The van der Waals surface area contributed by atoms with Crippen LogP contribution in [0.3, 0.4) is 0 Å². The Morgan fingerprint density at radius 1 is 1.19 bits per heavy atom. The van der Waals surface area contributed by atoms with Gasteiger partial charge < -0.3 is 4.90 Å². The Morgan fingerprint density at radius 3 is 2.96 bits per heavy atom. The summed E-state index contributed by atoms with van der Waals surface area (Å²) in [6.07, 6.45) is 6.95. The Balaban J connectivity index is 1.47. The van der Waals surface area contributed by atoms with Crippen molar-refractivity contribution in [2.24, 2.45) is 5.92 Å². The number of aryl methyl sites for hydroxylation is 1. The van der Waals surface area contributed by atoms with Crippen LogP contribution in [0.5, 0.6) is 0 Å². The summed E-state index contributed by atoms with van der Waals surface area (Å²) in [6, 6.07) is 13.9. The second-order valence-corrected chi connectivity index (χ2v) is 7.18. The normalized spacial score (nSPS) is 17.4. The van der Waals surface area contributed by atoms with E-state index >= 15 is 0 Å². The van der Waals surface area contributed by atoms with Gasteiger partial charge in [0.15, 0.2) is 0 Å². The maximum atomic E-state index is 13.0. The van der Waals surface area contributed by atoms with Crippen LogP contribution >= 0.6 is 0 Å². The molecule has 0 N–H and O–H groups in total. The van der Waals surface area contributed by atoms with E-state index < -0.39 is 0 Å². The molecule has 0 unspecified atom stereocenters. The minimum absolute atomic E-state index is 0.127. The smallest absolute Gasteiger partial charge is 0.253 e. The van der Waals surface area contributed by atoms with E-state index in [9.17, 15) is 4.79 Å². The molecule has 0 spiro atoms. The van der Waals surface area contributed by atoms with Gasteiger partial charge in [-0.2, -0.15) is 0 Å². The molecule has 3 heterocycles. The molecule has 132 valence electrons. The van der Waals surface area contributed by atoms with Gasteiger partial charge in [-0.15, -0.1) is 0 Å². The molecule has 3 aromatic rings. The fourth-order valence-corrected chi connectivity index (χ4v) is 3.76. The van der Waals surface area contributed by atoms with Gasteiger partial charge in [-0.05, 0) is 68.0 Å². The third kappa shape index (κ3) is 3.59. The first-order chi connectivity index (χ1) is 12.7. The molecule has 1 saturated heterocycles. The van der Waals surface area contributed by atoms with Crippen LogP contribution in [0.2, 0.25) is 0 Å². The number of likely N-dealkylation sites (tertiary alicyclic amines) is 1. The van der Waals surface area contributed by atoms with Gasteiger partial charge in [-0.3, -0.25) is 14.8 Å². The summed E-state index contributed by atoms with van der Waals surface area (Å²) in [7, 11) is 0. The number of aromatic nitrogens is 2. The van der Waals surface area contributed by atoms with Crippen LogP contribution in [0, 0.1) is 12.8 Å². The molecule has 1 fully saturated rings. The van der Waals surface area contributed by atoms with E-state index in [1.807, 2.05) is 48.4 Å². The van der Waals surface area contributed by atoms with Crippen LogP contribution in [-0.2, 0) is 6.42 Å². The second-order valence-electron chi connectivity index (χ2n) is 7.18. The first kappa shape index (κ1) is 16.7. The SMILES string of the molecule is Cc1ccc(C[C@H]2CCCN(C(=O)c3ccc4ncccc4c3)C2)cn1. The van der Waals surface area contributed by atoms with E-state index in [4.69, 9.17) is 0 Å². The van der Waals surface area contributed by atoms with Gasteiger partial charge in [0, 0.05) is 42.1 Å². The highest BCUT2D eigenvalue weighted by Crippen LogP contribution is 2.23. The lowest BCUT2D eigenvalue weighted by atomic mass is 9.91. The molecule has 4 heteroatoms. The lowest BCUT2D eigenvalue weighted by Gasteiger charge is -2.33. The molecule has 4 nitrogen and oxygen atoms in total. The van der Waals surface area contributed by atoms with Crippen LogP contribution in [0.4, 0.5) is 0 Å². The van der Waals surface area contributed by atoms with E-state index in [1.54, 1.807) is 6.20 Å². The van der Waals surface area contributed by atoms with E-state index in [2.05, 4.69) is 22.1 Å². The zero-order valence-corrected chi connectivity index (χ0v) is 15.1. The molecular weight excluding hydrogens is 322 g/mol. The van der Waals surface area contributed by atoms with Crippen LogP contribution in [-0.4, -0.2) is 33.9 Å². The molecule has 1 aliphatic heterocycles. The van der Waals surface area contributed by atoms with Crippen LogP contribution in [0.15, 0.2) is 54.9 Å². The molecule has 26 heavy (non-hydrogen) atoms. The zero-order valence-electron chi connectivity index (χ0n) is 15.1. The Morgan fingerprint density at radius 2 is 2.12 bits per heavy atom. The van der Waals surface area contributed by atoms with Crippen LogP contribution < -0.4 is 0 Å². The van der Waals surface area contributed by atoms with Crippen molar-refractivity contribution in [2.75, 3.05) is 13.1 Å². The number of carbonyl (C=O) groups excluding carboxylic acids is 1. The highest BCUT2D eigenvalue weighted by Gasteiger charge is 2.24. The van der Waals surface area contributed by atoms with Gasteiger partial charge in [0.05, 0.1) is 5.52 Å². The van der Waals surface area contributed by atoms with Gasteiger partial charge >= 0.3 is 0 Å². The third-order valence-electron chi connectivity index (χ3n) is 5.15. The first-order valence-electron chi connectivity index (χ1n) is 9.24. The molecule has 0 radical (unpaired) electrons. The van der Waals surface area contributed by atoms with Crippen LogP contribution in [0.1, 0.15) is 34.5 Å². The number of hydrogen-bond acceptors (Lipinski definition) is 3. The highest BCUT2D eigenvalue weighted by atomic mass is 16.2. The summed E-state index contributed by atoms with van der Waals surface area (Å²) in [5.74, 6) is 0.627. The van der Waals surface area contributed by atoms with Crippen molar-refractivity contribution >= 4 is 16.8 Å². The number of carbonyl (C=O) groups is 1. The van der Waals surface area contributed by atoms with E-state index in [-0.39, 0.29) is 5.91 Å². The molecule has 1 aliphatic rings. The second kappa shape index (κ2) is 7.24. The first-order valence-corrected chi connectivity index (χ1v) is 9.24. The molecule has 1 amide bonds. The number of hydrogen-bond donors (Lipinski definition) is 0. The number of amides is 1. The molecule has 0 saturated carbocycles. The molecule has 0 bridgehead atoms. The summed E-state index contributed by atoms with van der Waals surface area (Å²) < 4.78 is 0. The largest absolute Gasteiger partial charge is 0.338 e. The number of pyridine rings is 2. The quantitative estimate of drug-likeness (QED) is 0.720. The lowest BCUT2D eigenvalue weighted by molar-refractivity contribution is 0.0673. The average molecular weight is 345 g/mol. The Hall–Kier alpha value is -2.75. The van der Waals surface area contributed by atoms with Crippen molar-refractivity contribution in [2.45, 2.75) is 26.2 Å². The maximum Gasteiger partial charge on any atom is 0.253 e. The molecule has 0 aliphatic carbocycles. The van der Waals surface area contributed by atoms with E-state index in [0.717, 1.165) is 48.1 Å². The maximum absolute atomic E-state index is 13.0. The standard InChI is InChI=1S/C22H23N3O/c1-16-6-7-17(14-24-16)12-18-4-3-11-25(15-18)22(26)20-8-9-21-19(13-20)5-2-10-23-21/h2,5-10,13-14,18H,3-4,11-12,15H2,1H3/t18-/m1/s1. The Labute approximate surface area is 153 Å². The van der Waals surface area contributed by atoms with Gasteiger partial charge in [0.2, 0.25) is 0 Å². The lowest BCUT2D eigenvalue weighted by Crippen LogP contribution is -2.40. The Bertz CT molecular complexity index is 920. The number of benzene rings is 1. The highest BCUT2D eigenvalue weighted by molar-refractivity contribution is 5.98. The molecule has 1 atom stereocenters. The minimum atomic E-state index is 0.127. The summed E-state index contributed by atoms with van der Waals surface area (Å²) in [4.78, 5) is 23.7. The van der Waals surface area contributed by atoms with E-state index in [1.165, 1.54) is 12.0 Å². The van der Waals surface area contributed by atoms with Crippen molar-refractivity contribution < 1.29 is 4.79 Å². The number of rotatable bonds is 3. The average Bonchev–Trinajstić information content (AvgIpc) is 2.69. The van der Waals surface area contributed by atoms with Crippen molar-refractivity contribution in [1.29, 1.82) is 0 Å².